The predicted molar refractivity (Wildman–Crippen MR) is 150 cm³/mol. The van der Waals surface area contributed by atoms with Crippen LogP contribution < -0.4 is 19.5 Å². The number of halogens is 1. The Morgan fingerprint density at radius 1 is 1.13 bits per heavy atom. The Kier molecular flexibility index (Phi) is 8.18. The number of nitrogens with zero attached hydrogens (tertiary/aromatic N) is 1. The number of nitrogens with one attached hydrogen (secondary N) is 1. The minimum absolute atomic E-state index is 0.0717. The maximum absolute atomic E-state index is 13.9. The summed E-state index contributed by atoms with van der Waals surface area (Å²) in [7, 11) is 0. The van der Waals surface area contributed by atoms with Crippen LogP contribution in [0.1, 0.15) is 35.6 Å². The van der Waals surface area contributed by atoms with E-state index in [1.165, 1.54) is 0 Å². The molecule has 2 heterocycles. The van der Waals surface area contributed by atoms with Crippen LogP contribution in [0.3, 0.4) is 0 Å². The fourth-order valence-electron chi connectivity index (χ4n) is 4.56. The molecule has 0 saturated carbocycles. The third-order valence-corrected chi connectivity index (χ3v) is 7.08. The highest BCUT2D eigenvalue weighted by molar-refractivity contribution is 9.10. The van der Waals surface area contributed by atoms with Crippen LogP contribution in [0.5, 0.6) is 17.2 Å². The summed E-state index contributed by atoms with van der Waals surface area (Å²) in [5, 5.41) is 12.0. The van der Waals surface area contributed by atoms with E-state index in [9.17, 15) is 4.79 Å². The van der Waals surface area contributed by atoms with Gasteiger partial charge < -0.3 is 29.4 Å². The average Bonchev–Trinajstić information content (AvgIpc) is 3.58. The number of amides is 1. The lowest BCUT2D eigenvalue weighted by atomic mass is 9.84. The van der Waals surface area contributed by atoms with Gasteiger partial charge in [-0.3, -0.25) is 4.79 Å². The van der Waals surface area contributed by atoms with E-state index in [2.05, 4.69) is 27.8 Å². The maximum Gasteiger partial charge on any atom is 0.252 e. The summed E-state index contributed by atoms with van der Waals surface area (Å²) in [6, 6.07) is 20.6. The molecule has 0 unspecified atom stereocenters. The first-order valence-electron chi connectivity index (χ1n) is 12.7. The molecule has 39 heavy (non-hydrogen) atoms. The third-order valence-electron chi connectivity index (χ3n) is 6.55. The van der Waals surface area contributed by atoms with E-state index < -0.39 is 11.6 Å². The van der Waals surface area contributed by atoms with E-state index in [1.807, 2.05) is 66.7 Å². The summed E-state index contributed by atoms with van der Waals surface area (Å²) < 4.78 is 23.9. The molecule has 0 aromatic heterocycles. The van der Waals surface area contributed by atoms with Gasteiger partial charge >= 0.3 is 0 Å². The van der Waals surface area contributed by atoms with Crippen molar-refractivity contribution in [3.8, 4) is 17.2 Å². The molecule has 0 radical (unpaired) electrons. The lowest BCUT2D eigenvalue weighted by Crippen LogP contribution is -2.47. The second-order valence-electron chi connectivity index (χ2n) is 9.20. The van der Waals surface area contributed by atoms with Crippen molar-refractivity contribution in [3.63, 3.8) is 0 Å². The lowest BCUT2D eigenvalue weighted by molar-refractivity contribution is -0.129. The molecule has 3 aromatic rings. The maximum atomic E-state index is 13.9. The second-order valence-corrected chi connectivity index (χ2v) is 10.1. The van der Waals surface area contributed by atoms with Crippen LogP contribution in [-0.2, 0) is 16.1 Å². The van der Waals surface area contributed by atoms with Gasteiger partial charge in [0.25, 0.3) is 5.91 Å². The van der Waals surface area contributed by atoms with Crippen molar-refractivity contribution < 1.29 is 28.8 Å². The Balaban J connectivity index is 1.43. The fourth-order valence-corrected chi connectivity index (χ4v) is 4.82. The molecule has 0 spiro atoms. The van der Waals surface area contributed by atoms with E-state index >= 15 is 0 Å². The Labute approximate surface area is 235 Å². The molecule has 5 rings (SSSR count). The van der Waals surface area contributed by atoms with Crippen LogP contribution >= 0.6 is 15.9 Å². The van der Waals surface area contributed by atoms with Crippen molar-refractivity contribution in [2.45, 2.75) is 31.0 Å². The normalized spacial score (nSPS) is 19.2. The number of benzene rings is 3. The minimum atomic E-state index is -1.27. The molecule has 202 valence electrons. The number of aliphatic hydroxyl groups is 1. The fraction of sp³-hybridized carbons (Fsp3) is 0.267. The van der Waals surface area contributed by atoms with Gasteiger partial charge in [-0.15, -0.1) is 6.58 Å². The molecule has 0 saturated heterocycles. The van der Waals surface area contributed by atoms with Crippen LogP contribution in [-0.4, -0.2) is 42.5 Å². The van der Waals surface area contributed by atoms with Gasteiger partial charge in [-0.1, -0.05) is 40.2 Å². The number of aliphatic hydroxyl groups excluding tert-OH is 1. The predicted octanol–water partition coefficient (Wildman–Crippen LogP) is 5.09. The number of rotatable bonds is 11. The number of hydrogen-bond donors (Lipinski definition) is 2. The Bertz CT molecular complexity index is 1360. The van der Waals surface area contributed by atoms with Crippen LogP contribution in [0.4, 0.5) is 0 Å². The standard InChI is InChI=1S/C30H29BrN2O6/c1-2-14-30(29(35)32-18-20-4-13-25-26(17-20)38-19-37-25)27(21-5-9-23(31)10-6-21)39-28(33-30)22-7-11-24(12-8-22)36-16-3-15-34/h2,4-13,17,27,34H,1,3,14-16,18-19H2,(H,32,35)/t27-,30-/m1/s1. The monoisotopic (exact) mass is 592 g/mol. The van der Waals surface area contributed by atoms with Crippen LogP contribution in [0, 0.1) is 0 Å². The quantitative estimate of drug-likeness (QED) is 0.238. The van der Waals surface area contributed by atoms with Crippen molar-refractivity contribution in [2.24, 2.45) is 4.99 Å². The molecule has 8 nitrogen and oxygen atoms in total. The van der Waals surface area contributed by atoms with E-state index in [0.717, 1.165) is 21.2 Å². The zero-order valence-electron chi connectivity index (χ0n) is 21.3. The Morgan fingerprint density at radius 3 is 2.64 bits per heavy atom. The van der Waals surface area contributed by atoms with Crippen molar-refractivity contribution in [1.82, 2.24) is 5.32 Å². The van der Waals surface area contributed by atoms with Gasteiger partial charge in [0.05, 0.1) is 6.61 Å². The molecule has 0 fully saturated rings. The number of carbonyl (C=O) groups is 1. The topological polar surface area (TPSA) is 98.6 Å². The molecule has 1 amide bonds. The van der Waals surface area contributed by atoms with Gasteiger partial charge in [-0.25, -0.2) is 4.99 Å². The van der Waals surface area contributed by atoms with E-state index in [1.54, 1.807) is 6.08 Å². The van der Waals surface area contributed by atoms with Crippen LogP contribution in [0.15, 0.2) is 88.9 Å². The summed E-state index contributed by atoms with van der Waals surface area (Å²) >= 11 is 3.48. The summed E-state index contributed by atoms with van der Waals surface area (Å²) in [5.74, 6) is 2.11. The first kappa shape index (κ1) is 26.8. The second kappa shape index (κ2) is 11.9. The minimum Gasteiger partial charge on any atom is -0.494 e. The van der Waals surface area contributed by atoms with Gasteiger partial charge in [-0.2, -0.15) is 0 Å². The summed E-state index contributed by atoms with van der Waals surface area (Å²) in [5.41, 5.74) is 1.15. The average molecular weight is 593 g/mol. The highest BCUT2D eigenvalue weighted by Crippen LogP contribution is 2.43. The Hall–Kier alpha value is -3.82. The van der Waals surface area contributed by atoms with E-state index in [4.69, 9.17) is 29.0 Å². The molecule has 9 heteroatoms. The first-order valence-corrected chi connectivity index (χ1v) is 13.5. The number of fused-ring (bicyclic) bond motifs is 1. The SMILES string of the molecule is C=CC[C@@]1(C(=O)NCc2ccc3c(c2)OCO3)N=C(c2ccc(OCCCO)cc2)O[C@@H]1c1ccc(Br)cc1. The zero-order valence-corrected chi connectivity index (χ0v) is 22.9. The summed E-state index contributed by atoms with van der Waals surface area (Å²) in [6.07, 6.45) is 1.85. The molecule has 0 bridgehead atoms. The molecular formula is C30H29BrN2O6. The van der Waals surface area contributed by atoms with Gasteiger partial charge in [0.1, 0.15) is 5.75 Å². The number of hydrogen-bond acceptors (Lipinski definition) is 7. The molecule has 2 N–H and O–H groups in total. The van der Waals surface area contributed by atoms with Crippen molar-refractivity contribution in [2.75, 3.05) is 20.0 Å². The number of aliphatic imine (C=N–C) groups is 1. The lowest BCUT2D eigenvalue weighted by Gasteiger charge is -2.29. The van der Waals surface area contributed by atoms with Gasteiger partial charge in [0, 0.05) is 36.0 Å². The van der Waals surface area contributed by atoms with Crippen molar-refractivity contribution in [3.05, 3.63) is 101 Å². The number of ether oxygens (including phenoxy) is 4. The highest BCUT2D eigenvalue weighted by Gasteiger charge is 2.52. The van der Waals surface area contributed by atoms with Crippen LogP contribution in [0.2, 0.25) is 0 Å². The first-order chi connectivity index (χ1) is 19.0. The molecule has 2 aliphatic heterocycles. The summed E-state index contributed by atoms with van der Waals surface area (Å²) in [4.78, 5) is 18.9. The summed E-state index contributed by atoms with van der Waals surface area (Å²) in [6.45, 7) is 4.88. The van der Waals surface area contributed by atoms with Gasteiger partial charge in [0.2, 0.25) is 12.7 Å². The molecule has 3 aromatic carbocycles. The smallest absolute Gasteiger partial charge is 0.252 e. The highest BCUT2D eigenvalue weighted by atomic mass is 79.9. The van der Waals surface area contributed by atoms with E-state index in [0.29, 0.717) is 36.2 Å². The largest absolute Gasteiger partial charge is 0.494 e. The van der Waals surface area contributed by atoms with Crippen molar-refractivity contribution >= 4 is 27.7 Å². The molecule has 0 aliphatic carbocycles. The zero-order chi connectivity index (χ0) is 27.2. The van der Waals surface area contributed by atoms with Gasteiger partial charge in [-0.05, 0) is 59.7 Å². The molecule has 2 aliphatic rings. The molecule has 2 atom stereocenters. The van der Waals surface area contributed by atoms with Gasteiger partial charge in [0.15, 0.2) is 23.1 Å². The third kappa shape index (κ3) is 5.79. The van der Waals surface area contributed by atoms with Crippen LogP contribution in [0.25, 0.3) is 0 Å². The molecular weight excluding hydrogens is 564 g/mol. The Morgan fingerprint density at radius 2 is 1.90 bits per heavy atom. The van der Waals surface area contributed by atoms with E-state index in [-0.39, 0.29) is 32.3 Å². The number of carbonyl (C=O) groups excluding carboxylic acids is 1. The van der Waals surface area contributed by atoms with Crippen molar-refractivity contribution in [1.29, 1.82) is 0 Å².